The minimum atomic E-state index is -0.186. The normalized spacial score (nSPS) is 10.2. The second-order valence-corrected chi connectivity index (χ2v) is 6.77. The Morgan fingerprint density at radius 1 is 0.654 bits per heavy atom. The van der Waals surface area contributed by atoms with Crippen LogP contribution < -0.4 is 10.6 Å². The van der Waals surface area contributed by atoms with E-state index < -0.39 is 0 Å². The van der Waals surface area contributed by atoms with Crippen molar-refractivity contribution in [2.75, 3.05) is 10.6 Å². The highest BCUT2D eigenvalue weighted by Gasteiger charge is 2.08. The number of benzene rings is 3. The van der Waals surface area contributed by atoms with Crippen LogP contribution >= 0.6 is 15.9 Å². The first-order chi connectivity index (χ1) is 12.5. The molecule has 0 bridgehead atoms. The van der Waals surface area contributed by atoms with E-state index in [1.165, 1.54) is 0 Å². The molecule has 2 amide bonds. The van der Waals surface area contributed by atoms with Crippen LogP contribution in [0.1, 0.15) is 26.3 Å². The second kappa shape index (κ2) is 7.97. The summed E-state index contributed by atoms with van der Waals surface area (Å²) in [6, 6.07) is 21.5. The number of carbonyl (C=O) groups is 2. The average molecular weight is 409 g/mol. The molecule has 3 aromatic rings. The Hall–Kier alpha value is -2.92. The molecular weight excluding hydrogens is 392 g/mol. The predicted molar refractivity (Wildman–Crippen MR) is 108 cm³/mol. The molecule has 0 aromatic heterocycles. The zero-order chi connectivity index (χ0) is 18.5. The van der Waals surface area contributed by atoms with Gasteiger partial charge in [-0.2, -0.15) is 0 Å². The molecule has 3 rings (SSSR count). The SMILES string of the molecule is Cc1ccc(C(=O)Nc2ccc(NC(=O)c3ccc(Br)cc3)cc2)cc1. The van der Waals surface area contributed by atoms with Crippen LogP contribution in [0.3, 0.4) is 0 Å². The van der Waals surface area contributed by atoms with Gasteiger partial charge < -0.3 is 10.6 Å². The molecule has 0 spiro atoms. The molecule has 0 saturated carbocycles. The lowest BCUT2D eigenvalue weighted by molar-refractivity contribution is 0.101. The summed E-state index contributed by atoms with van der Waals surface area (Å²) in [5.74, 6) is -0.356. The highest BCUT2D eigenvalue weighted by Crippen LogP contribution is 2.17. The average Bonchev–Trinajstić information content (AvgIpc) is 2.64. The fourth-order valence-electron chi connectivity index (χ4n) is 2.35. The van der Waals surface area contributed by atoms with Crippen LogP contribution in [0.2, 0.25) is 0 Å². The van der Waals surface area contributed by atoms with Gasteiger partial charge in [0.05, 0.1) is 0 Å². The lowest BCUT2D eigenvalue weighted by atomic mass is 10.1. The first-order valence-corrected chi connectivity index (χ1v) is 8.85. The molecule has 0 fully saturated rings. The van der Waals surface area contributed by atoms with Gasteiger partial charge in [-0.05, 0) is 67.6 Å². The van der Waals surface area contributed by atoms with E-state index in [1.54, 1.807) is 48.5 Å². The molecule has 0 unspecified atom stereocenters. The van der Waals surface area contributed by atoms with E-state index in [0.717, 1.165) is 10.0 Å². The van der Waals surface area contributed by atoms with Gasteiger partial charge in [0.2, 0.25) is 0 Å². The van der Waals surface area contributed by atoms with Crippen molar-refractivity contribution in [2.45, 2.75) is 6.92 Å². The molecular formula is C21H17BrN2O2. The van der Waals surface area contributed by atoms with Gasteiger partial charge in [-0.3, -0.25) is 9.59 Å². The minimum absolute atomic E-state index is 0.170. The van der Waals surface area contributed by atoms with Crippen molar-refractivity contribution in [2.24, 2.45) is 0 Å². The zero-order valence-electron chi connectivity index (χ0n) is 14.1. The molecule has 0 aliphatic carbocycles. The first kappa shape index (κ1) is 17.9. The van der Waals surface area contributed by atoms with E-state index in [2.05, 4.69) is 26.6 Å². The number of aryl methyl sites for hydroxylation is 1. The maximum Gasteiger partial charge on any atom is 0.255 e. The lowest BCUT2D eigenvalue weighted by Crippen LogP contribution is -2.13. The quantitative estimate of drug-likeness (QED) is 0.618. The largest absolute Gasteiger partial charge is 0.322 e. The fourth-order valence-corrected chi connectivity index (χ4v) is 2.61. The van der Waals surface area contributed by atoms with E-state index in [4.69, 9.17) is 0 Å². The van der Waals surface area contributed by atoms with Crippen molar-refractivity contribution in [3.8, 4) is 0 Å². The highest BCUT2D eigenvalue weighted by atomic mass is 79.9. The van der Waals surface area contributed by atoms with E-state index in [-0.39, 0.29) is 11.8 Å². The Bertz CT molecular complexity index is 839. The number of halogens is 1. The maximum absolute atomic E-state index is 12.2. The summed E-state index contributed by atoms with van der Waals surface area (Å²) in [4.78, 5) is 24.4. The predicted octanol–water partition coefficient (Wildman–Crippen LogP) is 5.26. The number of anilines is 2. The summed E-state index contributed by atoms with van der Waals surface area (Å²) in [5.41, 5.74) is 3.60. The van der Waals surface area contributed by atoms with Gasteiger partial charge in [0.15, 0.2) is 0 Å². The van der Waals surface area contributed by atoms with Gasteiger partial charge in [0, 0.05) is 27.0 Å². The number of hydrogen-bond donors (Lipinski definition) is 2. The molecule has 0 heterocycles. The van der Waals surface area contributed by atoms with Crippen molar-refractivity contribution < 1.29 is 9.59 Å². The first-order valence-electron chi connectivity index (χ1n) is 8.06. The Labute approximate surface area is 160 Å². The van der Waals surface area contributed by atoms with E-state index in [0.29, 0.717) is 22.5 Å². The number of hydrogen-bond acceptors (Lipinski definition) is 2. The molecule has 0 atom stereocenters. The molecule has 0 aliphatic heterocycles. The molecule has 5 heteroatoms. The van der Waals surface area contributed by atoms with Gasteiger partial charge in [-0.15, -0.1) is 0 Å². The van der Waals surface area contributed by atoms with Crippen molar-refractivity contribution in [3.05, 3.63) is 94.0 Å². The number of carbonyl (C=O) groups excluding carboxylic acids is 2. The van der Waals surface area contributed by atoms with E-state index in [9.17, 15) is 9.59 Å². The van der Waals surface area contributed by atoms with Crippen LogP contribution in [0.15, 0.2) is 77.3 Å². The Morgan fingerprint density at radius 2 is 1.04 bits per heavy atom. The summed E-state index contributed by atoms with van der Waals surface area (Å²) in [6.45, 7) is 1.98. The maximum atomic E-state index is 12.2. The third-order valence-electron chi connectivity index (χ3n) is 3.82. The standard InChI is InChI=1S/C21H17BrN2O2/c1-14-2-4-15(5-3-14)20(25)23-18-10-12-19(13-11-18)24-21(26)16-6-8-17(22)9-7-16/h2-13H,1H3,(H,23,25)(H,24,26). The van der Waals surface area contributed by atoms with Crippen molar-refractivity contribution in [3.63, 3.8) is 0 Å². The fraction of sp³-hybridized carbons (Fsp3) is 0.0476. The molecule has 26 heavy (non-hydrogen) atoms. The van der Waals surface area contributed by atoms with Gasteiger partial charge in [0.25, 0.3) is 11.8 Å². The van der Waals surface area contributed by atoms with Crippen LogP contribution in [0, 0.1) is 6.92 Å². The van der Waals surface area contributed by atoms with Gasteiger partial charge in [-0.1, -0.05) is 33.6 Å². The Morgan fingerprint density at radius 3 is 1.46 bits per heavy atom. The monoisotopic (exact) mass is 408 g/mol. The third-order valence-corrected chi connectivity index (χ3v) is 4.35. The molecule has 4 nitrogen and oxygen atoms in total. The van der Waals surface area contributed by atoms with Crippen LogP contribution in [0.4, 0.5) is 11.4 Å². The summed E-state index contributed by atoms with van der Waals surface area (Å²) in [7, 11) is 0. The van der Waals surface area contributed by atoms with E-state index in [1.807, 2.05) is 31.2 Å². The van der Waals surface area contributed by atoms with Crippen LogP contribution in [-0.2, 0) is 0 Å². The molecule has 0 radical (unpaired) electrons. The number of rotatable bonds is 4. The number of amides is 2. The summed E-state index contributed by atoms with van der Waals surface area (Å²) >= 11 is 3.34. The third kappa shape index (κ3) is 4.58. The van der Waals surface area contributed by atoms with Gasteiger partial charge in [-0.25, -0.2) is 0 Å². The Balaban J connectivity index is 1.62. The summed E-state index contributed by atoms with van der Waals surface area (Å²) < 4.78 is 0.919. The molecule has 130 valence electrons. The molecule has 2 N–H and O–H groups in total. The van der Waals surface area contributed by atoms with Crippen LogP contribution in [-0.4, -0.2) is 11.8 Å². The van der Waals surface area contributed by atoms with E-state index >= 15 is 0 Å². The zero-order valence-corrected chi connectivity index (χ0v) is 15.7. The topological polar surface area (TPSA) is 58.2 Å². The molecule has 0 saturated heterocycles. The Kier molecular flexibility index (Phi) is 5.49. The lowest BCUT2D eigenvalue weighted by Gasteiger charge is -2.08. The van der Waals surface area contributed by atoms with Crippen molar-refractivity contribution in [1.82, 2.24) is 0 Å². The van der Waals surface area contributed by atoms with Gasteiger partial charge in [0.1, 0.15) is 0 Å². The minimum Gasteiger partial charge on any atom is -0.322 e. The summed E-state index contributed by atoms with van der Waals surface area (Å²) in [5, 5.41) is 5.67. The smallest absolute Gasteiger partial charge is 0.255 e. The summed E-state index contributed by atoms with van der Waals surface area (Å²) in [6.07, 6.45) is 0. The van der Waals surface area contributed by atoms with Crippen molar-refractivity contribution in [1.29, 1.82) is 0 Å². The van der Waals surface area contributed by atoms with Crippen molar-refractivity contribution >= 4 is 39.1 Å². The highest BCUT2D eigenvalue weighted by molar-refractivity contribution is 9.10. The molecule has 3 aromatic carbocycles. The van der Waals surface area contributed by atoms with Gasteiger partial charge >= 0.3 is 0 Å². The second-order valence-electron chi connectivity index (χ2n) is 5.86. The number of nitrogens with one attached hydrogen (secondary N) is 2. The molecule has 0 aliphatic rings. The van der Waals surface area contributed by atoms with Crippen LogP contribution in [0.25, 0.3) is 0 Å². The van der Waals surface area contributed by atoms with Crippen LogP contribution in [0.5, 0.6) is 0 Å².